The predicted octanol–water partition coefficient (Wildman–Crippen LogP) is 3.73. The molecule has 0 aliphatic carbocycles. The Bertz CT molecular complexity index is 568. The number of nitro groups is 1. The summed E-state index contributed by atoms with van der Waals surface area (Å²) >= 11 is 9.31. The minimum absolute atomic E-state index is 0.125. The van der Waals surface area contributed by atoms with Crippen LogP contribution in [0, 0.1) is 21.4 Å². The van der Waals surface area contributed by atoms with Crippen LogP contribution in [0.25, 0.3) is 0 Å². The minimum atomic E-state index is -0.583. The van der Waals surface area contributed by atoms with Crippen LogP contribution in [0.2, 0.25) is 0 Å². The number of carbonyl (C=O) groups is 1. The molecule has 1 amide bonds. The maximum Gasteiger partial charge on any atom is 0.299 e. The van der Waals surface area contributed by atoms with Crippen molar-refractivity contribution in [2.45, 2.75) is 6.42 Å². The van der Waals surface area contributed by atoms with Crippen LogP contribution >= 0.6 is 47.8 Å². The summed E-state index contributed by atoms with van der Waals surface area (Å²) in [5, 5.41) is 21.7. The predicted molar refractivity (Wildman–Crippen MR) is 75.1 cm³/mol. The van der Waals surface area contributed by atoms with Crippen LogP contribution < -0.4 is 5.32 Å². The van der Waals surface area contributed by atoms with Gasteiger partial charge in [0.1, 0.15) is 10.9 Å². The summed E-state index contributed by atoms with van der Waals surface area (Å²) in [4.78, 5) is 21.6. The third kappa shape index (κ3) is 3.28. The summed E-state index contributed by atoms with van der Waals surface area (Å²) in [5.74, 6) is -0.546. The first-order chi connectivity index (χ1) is 8.38. The number of hydrogen-bond acceptors (Lipinski definition) is 4. The molecule has 6 nitrogen and oxygen atoms in total. The number of anilines is 1. The van der Waals surface area contributed by atoms with Crippen LogP contribution in [0.15, 0.2) is 19.5 Å². The van der Waals surface area contributed by atoms with E-state index in [0.717, 1.165) is 0 Å². The van der Waals surface area contributed by atoms with Crippen molar-refractivity contribution >= 4 is 65.1 Å². The van der Waals surface area contributed by atoms with Crippen molar-refractivity contribution in [2.24, 2.45) is 0 Å². The van der Waals surface area contributed by atoms with Crippen molar-refractivity contribution in [3.05, 3.63) is 29.6 Å². The van der Waals surface area contributed by atoms with Crippen molar-refractivity contribution in [2.75, 3.05) is 5.32 Å². The van der Waals surface area contributed by atoms with Gasteiger partial charge in [-0.1, -0.05) is 0 Å². The lowest BCUT2D eigenvalue weighted by Crippen LogP contribution is -2.11. The number of hydrogen-bond donors (Lipinski definition) is 1. The van der Waals surface area contributed by atoms with Gasteiger partial charge in [-0.3, -0.25) is 14.9 Å². The van der Waals surface area contributed by atoms with Gasteiger partial charge in [-0.2, -0.15) is 5.26 Å². The molecule has 0 bridgehead atoms. The van der Waals surface area contributed by atoms with Crippen LogP contribution in [0.5, 0.6) is 0 Å². The molecule has 0 aliphatic rings. The maximum absolute atomic E-state index is 11.3. The van der Waals surface area contributed by atoms with E-state index in [9.17, 15) is 14.9 Å². The fraction of sp³-hybridized carbons (Fsp3) is 0.111. The second-order valence-electron chi connectivity index (χ2n) is 3.02. The van der Waals surface area contributed by atoms with Gasteiger partial charge >= 0.3 is 0 Å². The number of amides is 1. The lowest BCUT2D eigenvalue weighted by Gasteiger charge is -2.09. The van der Waals surface area contributed by atoms with Gasteiger partial charge in [0.25, 0.3) is 5.69 Å². The zero-order chi connectivity index (χ0) is 13.9. The molecule has 94 valence electrons. The molecule has 0 saturated heterocycles. The Kier molecular flexibility index (Phi) is 5.25. The van der Waals surface area contributed by atoms with E-state index in [2.05, 4.69) is 53.1 Å². The third-order valence-corrected chi connectivity index (χ3v) is 3.83. The van der Waals surface area contributed by atoms with Gasteiger partial charge in [0.15, 0.2) is 0 Å². The molecule has 0 radical (unpaired) electrons. The highest BCUT2D eigenvalue weighted by atomic mass is 79.9. The summed E-state index contributed by atoms with van der Waals surface area (Å²) < 4.78 is 0.850. The zero-order valence-corrected chi connectivity index (χ0v) is 13.3. The number of benzene rings is 1. The summed E-state index contributed by atoms with van der Waals surface area (Å²) in [7, 11) is 0. The fourth-order valence-electron chi connectivity index (χ4n) is 1.12. The zero-order valence-electron chi connectivity index (χ0n) is 8.54. The van der Waals surface area contributed by atoms with Gasteiger partial charge in [-0.25, -0.2) is 0 Å². The van der Waals surface area contributed by atoms with E-state index < -0.39 is 10.8 Å². The number of nitriles is 1. The van der Waals surface area contributed by atoms with Gasteiger partial charge in [0.05, 0.1) is 21.2 Å². The second kappa shape index (κ2) is 6.26. The average molecular weight is 442 g/mol. The van der Waals surface area contributed by atoms with Crippen molar-refractivity contribution in [3.8, 4) is 6.07 Å². The third-order valence-electron chi connectivity index (χ3n) is 1.83. The maximum atomic E-state index is 11.3. The average Bonchev–Trinajstić information content (AvgIpc) is 2.23. The van der Waals surface area contributed by atoms with Crippen LogP contribution in [0.1, 0.15) is 6.42 Å². The van der Waals surface area contributed by atoms with Crippen molar-refractivity contribution in [3.63, 3.8) is 0 Å². The van der Waals surface area contributed by atoms with Gasteiger partial charge in [-0.05, 0) is 53.9 Å². The molecule has 1 rings (SSSR count). The van der Waals surface area contributed by atoms with Crippen LogP contribution in [-0.2, 0) is 4.79 Å². The molecule has 1 N–H and O–H groups in total. The molecule has 0 heterocycles. The van der Waals surface area contributed by atoms with E-state index in [1.54, 1.807) is 6.07 Å². The molecule has 0 spiro atoms. The molecule has 1 aromatic carbocycles. The van der Waals surface area contributed by atoms with Crippen molar-refractivity contribution in [1.82, 2.24) is 0 Å². The largest absolute Gasteiger partial charge is 0.323 e. The highest BCUT2D eigenvalue weighted by Crippen LogP contribution is 2.43. The van der Waals surface area contributed by atoms with Crippen LogP contribution in [0.3, 0.4) is 0 Å². The van der Waals surface area contributed by atoms with Gasteiger partial charge in [0, 0.05) is 4.47 Å². The van der Waals surface area contributed by atoms with E-state index in [1.807, 2.05) is 0 Å². The van der Waals surface area contributed by atoms with E-state index in [4.69, 9.17) is 5.26 Å². The smallest absolute Gasteiger partial charge is 0.299 e. The molecule has 9 heteroatoms. The highest BCUT2D eigenvalue weighted by Gasteiger charge is 2.23. The Morgan fingerprint density at radius 3 is 2.56 bits per heavy atom. The Labute approximate surface area is 127 Å². The second-order valence-corrected chi connectivity index (χ2v) is 5.52. The number of nitrogens with one attached hydrogen (secondary N) is 1. The lowest BCUT2D eigenvalue weighted by molar-refractivity contribution is -0.386. The number of halogens is 3. The summed E-state index contributed by atoms with van der Waals surface area (Å²) in [6.07, 6.45) is -0.331. The molecular weight excluding hydrogens is 438 g/mol. The van der Waals surface area contributed by atoms with Gasteiger partial charge in [-0.15, -0.1) is 0 Å². The number of carbonyl (C=O) groups excluding carboxylic acids is 1. The topological polar surface area (TPSA) is 96.0 Å². The first kappa shape index (κ1) is 15.1. The molecule has 0 saturated carbocycles. The minimum Gasteiger partial charge on any atom is -0.323 e. The Balaban J connectivity index is 3.29. The molecule has 0 aliphatic heterocycles. The van der Waals surface area contributed by atoms with Crippen molar-refractivity contribution in [1.29, 1.82) is 5.26 Å². The summed E-state index contributed by atoms with van der Waals surface area (Å²) in [6.45, 7) is 0. The van der Waals surface area contributed by atoms with Crippen LogP contribution in [-0.4, -0.2) is 10.8 Å². The monoisotopic (exact) mass is 439 g/mol. The van der Waals surface area contributed by atoms with E-state index in [1.165, 1.54) is 6.07 Å². The molecule has 0 unspecified atom stereocenters. The molecule has 18 heavy (non-hydrogen) atoms. The molecule has 0 atom stereocenters. The van der Waals surface area contributed by atoms with Gasteiger partial charge < -0.3 is 5.32 Å². The van der Waals surface area contributed by atoms with E-state index in [-0.39, 0.29) is 26.7 Å². The standard InChI is InChI=1S/C9H4Br3N3O3/c10-4-3-5(11)9(15(17)18)7(12)8(4)14-6(16)1-2-13/h3H,1H2,(H,14,16). The molecule has 0 fully saturated rings. The number of nitro benzene ring substituents is 1. The summed E-state index contributed by atoms with van der Waals surface area (Å²) in [5.41, 5.74) is 0.00982. The first-order valence-corrected chi connectivity index (χ1v) is 6.75. The Morgan fingerprint density at radius 2 is 2.06 bits per heavy atom. The number of nitrogens with zero attached hydrogens (tertiary/aromatic N) is 2. The normalized spacial score (nSPS) is 9.67. The lowest BCUT2D eigenvalue weighted by atomic mass is 10.2. The Morgan fingerprint density at radius 1 is 1.44 bits per heavy atom. The van der Waals surface area contributed by atoms with Crippen LogP contribution in [0.4, 0.5) is 11.4 Å². The quantitative estimate of drug-likeness (QED) is 0.571. The fourth-order valence-corrected chi connectivity index (χ4v) is 3.73. The SMILES string of the molecule is N#CCC(=O)Nc1c(Br)cc(Br)c([N+](=O)[O-])c1Br. The summed E-state index contributed by atoms with van der Waals surface area (Å²) in [6, 6.07) is 3.14. The number of rotatable bonds is 3. The van der Waals surface area contributed by atoms with Gasteiger partial charge in [0.2, 0.25) is 5.91 Å². The highest BCUT2D eigenvalue weighted by molar-refractivity contribution is 9.11. The molecular formula is C9H4Br3N3O3. The molecule has 0 aromatic heterocycles. The Hall–Kier alpha value is -0.980. The molecule has 1 aromatic rings. The van der Waals surface area contributed by atoms with Crippen molar-refractivity contribution < 1.29 is 9.72 Å². The van der Waals surface area contributed by atoms with E-state index in [0.29, 0.717) is 4.47 Å². The van der Waals surface area contributed by atoms with E-state index >= 15 is 0 Å². The first-order valence-electron chi connectivity index (χ1n) is 4.37.